The number of benzene rings is 2. The summed E-state index contributed by atoms with van der Waals surface area (Å²) in [5.41, 5.74) is 0.929. The lowest BCUT2D eigenvalue weighted by Crippen LogP contribution is -2.49. The van der Waals surface area contributed by atoms with Gasteiger partial charge < -0.3 is 10.2 Å². The Balaban J connectivity index is 1.45. The Kier molecular flexibility index (Phi) is 7.44. The van der Waals surface area contributed by atoms with E-state index in [9.17, 15) is 18.0 Å². The fraction of sp³-hybridized carbons (Fsp3) is 0.455. The molecule has 0 saturated carbocycles. The first-order valence-electron chi connectivity index (χ1n) is 10.4. The zero-order valence-corrected chi connectivity index (χ0v) is 18.1. The molecule has 162 valence electrons. The third kappa shape index (κ3) is 6.03. The number of nitrogens with zero attached hydrogens (tertiary/aromatic N) is 1. The maximum Gasteiger partial charge on any atom is 0.241 e. The zero-order valence-electron chi connectivity index (χ0n) is 17.3. The van der Waals surface area contributed by atoms with E-state index in [2.05, 4.69) is 10.0 Å². The summed E-state index contributed by atoms with van der Waals surface area (Å²) in [6, 6.07) is 13.6. The average Bonchev–Trinajstić information content (AvgIpc) is 2.72. The molecule has 8 heteroatoms. The summed E-state index contributed by atoms with van der Waals surface area (Å²) in [4.78, 5) is 26.5. The minimum atomic E-state index is -3.25. The average molecular weight is 432 g/mol. The Labute approximate surface area is 177 Å². The number of fused-ring (bicyclic) bond motifs is 1. The van der Waals surface area contributed by atoms with E-state index in [-0.39, 0.29) is 36.6 Å². The normalized spacial score (nSPS) is 15.3. The van der Waals surface area contributed by atoms with Gasteiger partial charge in [-0.1, -0.05) is 49.4 Å². The fourth-order valence-corrected chi connectivity index (χ4v) is 5.20. The first-order chi connectivity index (χ1) is 14.4. The number of piperidine rings is 1. The molecule has 2 amide bonds. The van der Waals surface area contributed by atoms with Crippen molar-refractivity contribution in [3.8, 4) is 0 Å². The van der Waals surface area contributed by atoms with Crippen LogP contribution in [0.1, 0.15) is 31.7 Å². The summed E-state index contributed by atoms with van der Waals surface area (Å²) in [6.45, 7) is 2.75. The van der Waals surface area contributed by atoms with Crippen molar-refractivity contribution in [2.75, 3.05) is 25.4 Å². The molecule has 0 atom stereocenters. The molecule has 0 spiro atoms. The number of hydrogen-bond donors (Lipinski definition) is 2. The molecule has 7 nitrogen and oxygen atoms in total. The first kappa shape index (κ1) is 22.2. The number of likely N-dealkylation sites (tertiary alicyclic amines) is 1. The van der Waals surface area contributed by atoms with Gasteiger partial charge in [0.05, 0.1) is 18.7 Å². The number of hydrogen-bond acceptors (Lipinski definition) is 4. The molecule has 2 aromatic carbocycles. The summed E-state index contributed by atoms with van der Waals surface area (Å²) < 4.78 is 26.5. The van der Waals surface area contributed by atoms with Gasteiger partial charge in [-0.25, -0.2) is 13.1 Å². The molecule has 0 bridgehead atoms. The van der Waals surface area contributed by atoms with Gasteiger partial charge in [0.25, 0.3) is 0 Å². The van der Waals surface area contributed by atoms with Crippen molar-refractivity contribution in [3.05, 3.63) is 48.0 Å². The molecule has 0 radical (unpaired) electrons. The molecule has 0 aliphatic carbocycles. The van der Waals surface area contributed by atoms with E-state index in [4.69, 9.17) is 0 Å². The summed E-state index contributed by atoms with van der Waals surface area (Å²) >= 11 is 0. The van der Waals surface area contributed by atoms with E-state index in [1.54, 1.807) is 4.90 Å². The number of amides is 2. The molecule has 0 unspecified atom stereocenters. The molecule has 1 aliphatic heterocycles. The monoisotopic (exact) mass is 431 g/mol. The van der Waals surface area contributed by atoms with Gasteiger partial charge in [-0.3, -0.25) is 9.59 Å². The Hall–Kier alpha value is -2.45. The quantitative estimate of drug-likeness (QED) is 0.666. The number of sulfonamides is 1. The molecular formula is C22H29N3O4S. The summed E-state index contributed by atoms with van der Waals surface area (Å²) in [6.07, 6.45) is 1.96. The van der Waals surface area contributed by atoms with Gasteiger partial charge in [-0.05, 0) is 35.6 Å². The SMILES string of the molecule is CCCS(=O)(=O)NC1CCN(C(=O)CNC(=O)Cc2cccc3ccccc23)CC1. The molecule has 0 aromatic heterocycles. The molecule has 1 aliphatic rings. The van der Waals surface area contributed by atoms with Gasteiger partial charge in [-0.2, -0.15) is 0 Å². The lowest BCUT2D eigenvalue weighted by atomic mass is 10.0. The van der Waals surface area contributed by atoms with Crippen LogP contribution in [0.4, 0.5) is 0 Å². The van der Waals surface area contributed by atoms with Crippen molar-refractivity contribution >= 4 is 32.6 Å². The maximum atomic E-state index is 12.4. The summed E-state index contributed by atoms with van der Waals surface area (Å²) in [7, 11) is -3.25. The topological polar surface area (TPSA) is 95.6 Å². The second kappa shape index (κ2) is 10.0. The van der Waals surface area contributed by atoms with Crippen LogP contribution in [-0.2, 0) is 26.0 Å². The fourth-order valence-electron chi connectivity index (χ4n) is 3.80. The molecule has 2 N–H and O–H groups in total. The second-order valence-corrected chi connectivity index (χ2v) is 9.56. The molecule has 3 rings (SSSR count). The molecular weight excluding hydrogens is 402 g/mol. The molecule has 30 heavy (non-hydrogen) atoms. The van der Waals surface area contributed by atoms with Crippen LogP contribution < -0.4 is 10.0 Å². The summed E-state index contributed by atoms with van der Waals surface area (Å²) in [5.74, 6) is -0.215. The first-order valence-corrected chi connectivity index (χ1v) is 12.0. The molecule has 1 heterocycles. The van der Waals surface area contributed by atoms with E-state index in [0.29, 0.717) is 32.4 Å². The van der Waals surface area contributed by atoms with Gasteiger partial charge in [-0.15, -0.1) is 0 Å². The molecule has 1 fully saturated rings. The molecule has 1 saturated heterocycles. The van der Waals surface area contributed by atoms with Crippen LogP contribution in [0.25, 0.3) is 10.8 Å². The van der Waals surface area contributed by atoms with E-state index in [1.807, 2.05) is 49.4 Å². The Morgan fingerprint density at radius 1 is 1.07 bits per heavy atom. The van der Waals surface area contributed by atoms with E-state index < -0.39 is 10.0 Å². The van der Waals surface area contributed by atoms with Gasteiger partial charge in [0.1, 0.15) is 0 Å². The number of rotatable bonds is 8. The number of nitrogens with one attached hydrogen (secondary N) is 2. The molecule has 2 aromatic rings. The maximum absolute atomic E-state index is 12.4. The van der Waals surface area contributed by atoms with Crippen molar-refractivity contribution in [2.45, 2.75) is 38.6 Å². The largest absolute Gasteiger partial charge is 0.347 e. The van der Waals surface area contributed by atoms with Crippen LogP contribution in [0.2, 0.25) is 0 Å². The Morgan fingerprint density at radius 2 is 1.77 bits per heavy atom. The van der Waals surface area contributed by atoms with E-state index >= 15 is 0 Å². The van der Waals surface area contributed by atoms with Crippen LogP contribution in [-0.4, -0.2) is 56.6 Å². The highest BCUT2D eigenvalue weighted by atomic mass is 32.2. The van der Waals surface area contributed by atoms with Gasteiger partial charge in [0, 0.05) is 19.1 Å². The van der Waals surface area contributed by atoms with Gasteiger partial charge in [0.15, 0.2) is 0 Å². The Bertz CT molecular complexity index is 993. The van der Waals surface area contributed by atoms with Crippen molar-refractivity contribution in [1.29, 1.82) is 0 Å². The van der Waals surface area contributed by atoms with Crippen LogP contribution in [0, 0.1) is 0 Å². The standard InChI is InChI=1S/C22H29N3O4S/c1-2-14-30(28,29)24-19-10-12-25(13-11-19)22(27)16-23-21(26)15-18-8-5-7-17-6-3-4-9-20(17)18/h3-9,19,24H,2,10-16H2,1H3,(H,23,26). The van der Waals surface area contributed by atoms with Crippen LogP contribution >= 0.6 is 0 Å². The van der Waals surface area contributed by atoms with Crippen molar-refractivity contribution < 1.29 is 18.0 Å². The second-order valence-electron chi connectivity index (χ2n) is 7.68. The van der Waals surface area contributed by atoms with E-state index in [0.717, 1.165) is 16.3 Å². The smallest absolute Gasteiger partial charge is 0.241 e. The predicted molar refractivity (Wildman–Crippen MR) is 117 cm³/mol. The zero-order chi connectivity index (χ0) is 21.6. The lowest BCUT2D eigenvalue weighted by molar-refractivity contribution is -0.133. The van der Waals surface area contributed by atoms with Crippen molar-refractivity contribution in [3.63, 3.8) is 0 Å². The van der Waals surface area contributed by atoms with Gasteiger partial charge in [0.2, 0.25) is 21.8 Å². The highest BCUT2D eigenvalue weighted by Crippen LogP contribution is 2.19. The Morgan fingerprint density at radius 3 is 2.50 bits per heavy atom. The van der Waals surface area contributed by atoms with Crippen LogP contribution in [0.15, 0.2) is 42.5 Å². The van der Waals surface area contributed by atoms with Gasteiger partial charge >= 0.3 is 0 Å². The van der Waals surface area contributed by atoms with Crippen LogP contribution in [0.3, 0.4) is 0 Å². The minimum absolute atomic E-state index is 0.0458. The number of carbonyl (C=O) groups excluding carboxylic acids is 2. The van der Waals surface area contributed by atoms with Crippen LogP contribution in [0.5, 0.6) is 0 Å². The lowest BCUT2D eigenvalue weighted by Gasteiger charge is -2.32. The third-order valence-corrected chi connectivity index (χ3v) is 6.97. The predicted octanol–water partition coefficient (Wildman–Crippen LogP) is 1.82. The minimum Gasteiger partial charge on any atom is -0.347 e. The highest BCUT2D eigenvalue weighted by Gasteiger charge is 2.25. The number of carbonyl (C=O) groups is 2. The van der Waals surface area contributed by atoms with Crippen molar-refractivity contribution in [2.24, 2.45) is 0 Å². The third-order valence-electron chi connectivity index (χ3n) is 5.33. The van der Waals surface area contributed by atoms with Crippen molar-refractivity contribution in [1.82, 2.24) is 14.9 Å². The summed E-state index contributed by atoms with van der Waals surface area (Å²) in [5, 5.41) is 4.83. The van der Waals surface area contributed by atoms with E-state index in [1.165, 1.54) is 0 Å². The highest BCUT2D eigenvalue weighted by molar-refractivity contribution is 7.89.